The molecule has 0 saturated carbocycles. The van der Waals surface area contributed by atoms with Crippen LogP contribution < -0.4 is 132 Å². The minimum absolute atomic E-state index is 0. The summed E-state index contributed by atoms with van der Waals surface area (Å²) >= 11 is 0. The smallest absolute Gasteiger partial charge is 1.00 e. The molecule has 0 spiro atoms. The maximum atomic E-state index is 9.63. The minimum Gasteiger partial charge on any atom is -1.00 e. The van der Waals surface area contributed by atoms with E-state index >= 15 is 0 Å². The van der Waals surface area contributed by atoms with Crippen molar-refractivity contribution in [3.63, 3.8) is 0 Å². The number of rotatable bonds is 2. The summed E-state index contributed by atoms with van der Waals surface area (Å²) in [5, 5.41) is 0. The van der Waals surface area contributed by atoms with Gasteiger partial charge in [-0.2, -0.15) is 4.31 Å². The summed E-state index contributed by atoms with van der Waals surface area (Å²) in [6, 6.07) is 0. The van der Waals surface area contributed by atoms with Crippen LogP contribution in [0.4, 0.5) is 0 Å². The van der Waals surface area contributed by atoms with E-state index in [1.54, 1.807) is 0 Å². The Morgan fingerprint density at radius 1 is 0.923 bits per heavy atom. The van der Waals surface area contributed by atoms with E-state index in [0.29, 0.717) is 0 Å². The molecule has 0 aromatic carbocycles. The van der Waals surface area contributed by atoms with Crippen molar-refractivity contribution in [3.05, 3.63) is 0 Å². The maximum absolute atomic E-state index is 9.63. The number of phosphoric acid groups is 2. The predicted octanol–water partition coefficient (Wildman–Crippen LogP) is -10.3. The third-order valence-electron chi connectivity index (χ3n) is 0.213. The summed E-state index contributed by atoms with van der Waals surface area (Å²) in [5.74, 6) is 0. The van der Waals surface area contributed by atoms with E-state index < -0.39 is 15.6 Å². The maximum Gasteiger partial charge on any atom is 1.00 e. The van der Waals surface area contributed by atoms with E-state index in [-0.39, 0.29) is 142 Å². The van der Waals surface area contributed by atoms with E-state index in [0.717, 1.165) is 0 Å². The Morgan fingerprint density at radius 2 is 1.08 bits per heavy atom. The molecule has 0 amide bonds. The van der Waals surface area contributed by atoms with Gasteiger partial charge in [-0.1, -0.05) is 0 Å². The average molecular weight is 300 g/mol. The fraction of sp³-hybridized carbons (Fsp3) is 0. The second kappa shape index (κ2) is 12.9. The van der Waals surface area contributed by atoms with Crippen molar-refractivity contribution in [2.45, 2.75) is 0 Å². The molecule has 0 rings (SSSR count). The van der Waals surface area contributed by atoms with E-state index in [4.69, 9.17) is 19.6 Å². The molecule has 0 aromatic rings. The molecule has 8 nitrogen and oxygen atoms in total. The largest absolute Gasteiger partial charge is 1.00 e. The van der Waals surface area contributed by atoms with Crippen LogP contribution in [0.25, 0.3) is 0 Å². The van der Waals surface area contributed by atoms with Crippen molar-refractivity contribution in [1.29, 1.82) is 0 Å². The third-order valence-corrected chi connectivity index (χ3v) is 1.91. The molecule has 0 aliphatic heterocycles. The second-order valence-electron chi connectivity index (χ2n) is 1.06. The summed E-state index contributed by atoms with van der Waals surface area (Å²) in [5.41, 5.74) is 0. The summed E-state index contributed by atoms with van der Waals surface area (Å²) in [6.45, 7) is 0. The van der Waals surface area contributed by atoms with Crippen LogP contribution >= 0.6 is 15.6 Å². The minimum atomic E-state index is -5.05. The Labute approximate surface area is 186 Å². The normalized spacial score (nSPS) is 9.54. The topological polar surface area (TPSA) is 156 Å². The van der Waals surface area contributed by atoms with Crippen LogP contribution in [0.3, 0.4) is 0 Å². The molecule has 0 bridgehead atoms. The molecule has 0 radical (unpaired) electrons. The van der Waals surface area contributed by atoms with E-state index in [1.807, 2.05) is 0 Å². The molecule has 0 atom stereocenters. The summed E-state index contributed by atoms with van der Waals surface area (Å²) in [4.78, 5) is 31.0. The molecule has 0 aliphatic carbocycles. The van der Waals surface area contributed by atoms with Crippen molar-refractivity contribution in [1.82, 2.24) is 0 Å². The van der Waals surface area contributed by atoms with Crippen molar-refractivity contribution >= 4 is 15.6 Å². The first-order valence-corrected chi connectivity index (χ1v) is 4.59. The zero-order valence-corrected chi connectivity index (χ0v) is 17.4. The van der Waals surface area contributed by atoms with Crippen molar-refractivity contribution in [3.8, 4) is 0 Å². The van der Waals surface area contributed by atoms with Crippen molar-refractivity contribution in [2.24, 2.45) is 0 Å². The Balaban J connectivity index is -0.0000000152. The van der Waals surface area contributed by atoms with Crippen LogP contribution in [0.2, 0.25) is 0 Å². The summed E-state index contributed by atoms with van der Waals surface area (Å²) < 4.78 is 22.2. The van der Waals surface area contributed by atoms with E-state index in [9.17, 15) is 9.13 Å². The Morgan fingerprint density at radius 3 is 1.08 bits per heavy atom. The first kappa shape index (κ1) is 30.5. The summed E-state index contributed by atoms with van der Waals surface area (Å²) in [6.07, 6.45) is 0. The zero-order chi connectivity index (χ0) is 7.71. The molecule has 6 N–H and O–H groups in total. The predicted molar refractivity (Wildman–Crippen MR) is 32.1 cm³/mol. The van der Waals surface area contributed by atoms with Gasteiger partial charge in [0.05, 0.1) is 0 Å². The van der Waals surface area contributed by atoms with Gasteiger partial charge in [0.15, 0.2) is 0 Å². The van der Waals surface area contributed by atoms with Crippen LogP contribution in [-0.2, 0) is 13.4 Å². The molecular formula is H9K2NaO8P2. The first-order valence-electron chi connectivity index (χ1n) is 1.53. The fourth-order valence-electron chi connectivity index (χ4n) is 0.139. The van der Waals surface area contributed by atoms with E-state index in [1.165, 1.54) is 0 Å². The monoisotopic (exact) mass is 300 g/mol. The molecule has 70 valence electrons. The molecule has 0 unspecified atom stereocenters. The van der Waals surface area contributed by atoms with Gasteiger partial charge in [-0.05, 0) is 0 Å². The van der Waals surface area contributed by atoms with Crippen LogP contribution in [0.1, 0.15) is 4.28 Å². The molecular weight excluding hydrogens is 291 g/mol. The molecule has 13 heavy (non-hydrogen) atoms. The Bertz CT molecular complexity index is 172. The molecule has 0 aliphatic rings. The molecule has 13 heteroatoms. The van der Waals surface area contributed by atoms with Crippen LogP contribution in [0.5, 0.6) is 0 Å². The van der Waals surface area contributed by atoms with Gasteiger partial charge in [0.25, 0.3) is 0 Å². The van der Waals surface area contributed by atoms with Gasteiger partial charge in [0.2, 0.25) is 0 Å². The Hall–Kier alpha value is 4.49. The second-order valence-corrected chi connectivity index (χ2v) is 3.68. The van der Waals surface area contributed by atoms with Crippen molar-refractivity contribution < 1.29 is 175 Å². The van der Waals surface area contributed by atoms with Gasteiger partial charge in [0, 0.05) is 0 Å². The molecule has 0 heterocycles. The molecule has 0 fully saturated rings. The van der Waals surface area contributed by atoms with Gasteiger partial charge in [-0.15, -0.1) is 0 Å². The zero-order valence-electron chi connectivity index (χ0n) is 10.4. The van der Waals surface area contributed by atoms with Gasteiger partial charge in [-0.25, -0.2) is 9.13 Å². The molecule has 0 saturated heterocycles. The van der Waals surface area contributed by atoms with E-state index in [2.05, 4.69) is 4.31 Å². The summed E-state index contributed by atoms with van der Waals surface area (Å²) in [7, 11) is -10.1. The van der Waals surface area contributed by atoms with Gasteiger partial charge >= 0.3 is 148 Å². The standard InChI is InChI=1S/2K.Na.H4O7P2.H2O.3H/c;;;1-8(2,3)7-9(4,5)6;;;;/h;;;(H2,1,2,3)(H2,4,5,6);1H2;;;/q3*+1;;;3*-1. The molecule has 0 aromatic heterocycles. The quantitative estimate of drug-likeness (QED) is 0.291. The van der Waals surface area contributed by atoms with Crippen molar-refractivity contribution in [2.75, 3.05) is 0 Å². The van der Waals surface area contributed by atoms with Crippen LogP contribution in [0, 0.1) is 0 Å². The average Bonchev–Trinajstić information content (AvgIpc) is 1.14. The van der Waals surface area contributed by atoms with Crippen LogP contribution in [0.15, 0.2) is 0 Å². The SMILES string of the molecule is O.O=P(O)(O)OP(=O)(O)O.[H-].[H-].[H-].[K+].[K+].[Na+]. The first-order chi connectivity index (χ1) is 3.71. The fourth-order valence-corrected chi connectivity index (χ4v) is 1.25. The third kappa shape index (κ3) is 31.5. The van der Waals surface area contributed by atoms with Gasteiger partial charge in [-0.3, -0.25) is 0 Å². The van der Waals surface area contributed by atoms with Gasteiger partial charge < -0.3 is 29.3 Å². The number of hydrogen-bond donors (Lipinski definition) is 4. The number of hydrogen-bond acceptors (Lipinski definition) is 3. The van der Waals surface area contributed by atoms with Crippen LogP contribution in [-0.4, -0.2) is 25.0 Å². The van der Waals surface area contributed by atoms with Gasteiger partial charge in [0.1, 0.15) is 0 Å². The Kier molecular flexibility index (Phi) is 30.3.